The maximum atomic E-state index is 13.7. The van der Waals surface area contributed by atoms with Crippen LogP contribution in [0.1, 0.15) is 0 Å². The number of nitrogens with zero attached hydrogens (tertiary/aromatic N) is 2. The first-order valence-electron chi connectivity index (χ1n) is 8.35. The Morgan fingerprint density at radius 2 is 2.11 bits per heavy atom. The predicted molar refractivity (Wildman–Crippen MR) is 104 cm³/mol. The molecule has 0 radical (unpaired) electrons. The van der Waals surface area contributed by atoms with Gasteiger partial charge in [-0.3, -0.25) is 4.79 Å². The molecule has 28 heavy (non-hydrogen) atoms. The number of H-pyrrole nitrogens is 2. The minimum atomic E-state index is -1.26. The van der Waals surface area contributed by atoms with Gasteiger partial charge in [0.05, 0.1) is 28.7 Å². The molecule has 0 bridgehead atoms. The number of nitrogens with one attached hydrogen (secondary N) is 3. The third kappa shape index (κ3) is 3.55. The van der Waals surface area contributed by atoms with Crippen molar-refractivity contribution in [3.8, 4) is 11.3 Å². The number of alkyl halides is 1. The zero-order chi connectivity index (χ0) is 19.7. The molecule has 0 aliphatic rings. The molecule has 0 aliphatic carbocycles. The summed E-state index contributed by atoms with van der Waals surface area (Å²) in [7, 11) is 0. The summed E-state index contributed by atoms with van der Waals surface area (Å²) in [6, 6.07) is 9.22. The lowest BCUT2D eigenvalue weighted by atomic mass is 10.0. The van der Waals surface area contributed by atoms with Crippen LogP contribution in [0, 0.1) is 5.82 Å². The molecule has 0 spiro atoms. The van der Waals surface area contributed by atoms with Crippen molar-refractivity contribution in [2.45, 2.75) is 6.41 Å². The zero-order valence-corrected chi connectivity index (χ0v) is 15.1. The van der Waals surface area contributed by atoms with Crippen molar-refractivity contribution in [1.29, 1.82) is 0 Å². The molecule has 0 aliphatic heterocycles. The number of aliphatic hydroxyl groups is 1. The van der Waals surface area contributed by atoms with Crippen LogP contribution < -0.4 is 10.9 Å². The van der Waals surface area contributed by atoms with Crippen molar-refractivity contribution in [1.82, 2.24) is 20.2 Å². The predicted octanol–water partition coefficient (Wildman–Crippen LogP) is 2.55. The average molecular weight is 404 g/mol. The van der Waals surface area contributed by atoms with E-state index >= 15 is 0 Å². The molecule has 4 aromatic rings. The number of aromatic nitrogens is 4. The molecule has 1 atom stereocenters. The van der Waals surface area contributed by atoms with Crippen LogP contribution >= 0.6 is 11.6 Å². The van der Waals surface area contributed by atoms with Crippen LogP contribution in [0.2, 0.25) is 0 Å². The van der Waals surface area contributed by atoms with Crippen LogP contribution in [0.4, 0.5) is 10.3 Å². The van der Waals surface area contributed by atoms with Crippen molar-refractivity contribution in [2.75, 3.05) is 17.8 Å². The summed E-state index contributed by atoms with van der Waals surface area (Å²) >= 11 is 5.51. The van der Waals surface area contributed by atoms with Gasteiger partial charge in [0.15, 0.2) is 0 Å². The molecule has 4 rings (SSSR count). The summed E-state index contributed by atoms with van der Waals surface area (Å²) in [5.41, 5.74) is 1.98. The van der Waals surface area contributed by atoms with E-state index in [-0.39, 0.29) is 12.5 Å². The summed E-state index contributed by atoms with van der Waals surface area (Å²) in [5.74, 6) is 0.0992. The molecule has 1 unspecified atom stereocenters. The largest absolute Gasteiger partial charge is 0.351 e. The van der Waals surface area contributed by atoms with E-state index in [4.69, 9.17) is 16.3 Å². The second-order valence-corrected chi connectivity index (χ2v) is 6.34. The topological polar surface area (TPSA) is 116 Å². The number of halogens is 2. The van der Waals surface area contributed by atoms with Gasteiger partial charge in [0.1, 0.15) is 5.82 Å². The second-order valence-electron chi connectivity index (χ2n) is 5.97. The monoisotopic (exact) mass is 403 g/mol. The number of hydrogen-bond donors (Lipinski definition) is 4. The first-order valence-corrected chi connectivity index (χ1v) is 8.89. The number of rotatable bonds is 6. The van der Waals surface area contributed by atoms with Crippen LogP contribution in [0.5, 0.6) is 0 Å². The van der Waals surface area contributed by atoms with Crippen LogP contribution in [0.25, 0.3) is 33.1 Å². The number of imidazole rings is 1. The van der Waals surface area contributed by atoms with E-state index in [0.717, 1.165) is 0 Å². The van der Waals surface area contributed by atoms with E-state index in [9.17, 15) is 14.3 Å². The fourth-order valence-electron chi connectivity index (χ4n) is 2.89. The van der Waals surface area contributed by atoms with Gasteiger partial charge in [0.2, 0.25) is 12.4 Å². The van der Waals surface area contributed by atoms with Gasteiger partial charge in [0, 0.05) is 16.8 Å². The molecule has 4 N–H and O–H groups in total. The first-order chi connectivity index (χ1) is 13.5. The molecule has 2 aromatic carbocycles. The van der Waals surface area contributed by atoms with E-state index < -0.39 is 17.8 Å². The van der Waals surface area contributed by atoms with Gasteiger partial charge in [-0.2, -0.15) is 5.10 Å². The van der Waals surface area contributed by atoms with Crippen molar-refractivity contribution < 1.29 is 14.2 Å². The molecule has 8 nitrogen and oxygen atoms in total. The maximum absolute atomic E-state index is 13.7. The third-order valence-electron chi connectivity index (χ3n) is 4.12. The van der Waals surface area contributed by atoms with E-state index in [0.29, 0.717) is 39.0 Å². The van der Waals surface area contributed by atoms with Crippen molar-refractivity contribution in [2.24, 2.45) is 0 Å². The van der Waals surface area contributed by atoms with Gasteiger partial charge >= 0.3 is 0 Å². The fraction of sp³-hybridized carbons (Fsp3) is 0.167. The molecule has 10 heteroatoms. The SMILES string of the molecule is O=c1[nH]nc(-c2ccc3[nH]c(NC(O)OCCCl)nc3c2)c2cc(F)ccc12. The number of aliphatic hydroxyl groups excluding tert-OH is 1. The second kappa shape index (κ2) is 7.55. The van der Waals surface area contributed by atoms with Crippen LogP contribution in [-0.2, 0) is 4.74 Å². The summed E-state index contributed by atoms with van der Waals surface area (Å²) in [4.78, 5) is 19.3. The number of hydrogen-bond acceptors (Lipinski definition) is 6. The zero-order valence-electron chi connectivity index (χ0n) is 14.4. The smallest absolute Gasteiger partial charge is 0.272 e. The Bertz CT molecular complexity index is 1210. The lowest BCUT2D eigenvalue weighted by Crippen LogP contribution is -2.23. The highest BCUT2D eigenvalue weighted by Gasteiger charge is 2.13. The van der Waals surface area contributed by atoms with Gasteiger partial charge in [-0.15, -0.1) is 11.6 Å². The summed E-state index contributed by atoms with van der Waals surface area (Å²) in [6.45, 7) is 0.182. The van der Waals surface area contributed by atoms with Gasteiger partial charge in [-0.05, 0) is 30.3 Å². The van der Waals surface area contributed by atoms with Crippen LogP contribution in [0.3, 0.4) is 0 Å². The molecule has 2 aromatic heterocycles. The molecule has 2 heterocycles. The molecular weight excluding hydrogens is 389 g/mol. The summed E-state index contributed by atoms with van der Waals surface area (Å²) in [6.07, 6.45) is -1.26. The Kier molecular flexibility index (Phi) is 4.95. The van der Waals surface area contributed by atoms with Gasteiger partial charge < -0.3 is 20.1 Å². The Labute approximate surface area is 162 Å². The van der Waals surface area contributed by atoms with Crippen LogP contribution in [0.15, 0.2) is 41.2 Å². The number of aromatic amines is 2. The molecule has 144 valence electrons. The van der Waals surface area contributed by atoms with E-state index in [1.54, 1.807) is 18.2 Å². The highest BCUT2D eigenvalue weighted by atomic mass is 35.5. The summed E-state index contributed by atoms with van der Waals surface area (Å²) in [5, 5.41) is 19.7. The minimum absolute atomic E-state index is 0.182. The van der Waals surface area contributed by atoms with Crippen molar-refractivity contribution >= 4 is 39.4 Å². The van der Waals surface area contributed by atoms with E-state index in [1.165, 1.54) is 18.2 Å². The lowest BCUT2D eigenvalue weighted by Gasteiger charge is -2.11. The normalized spacial score (nSPS) is 12.5. The van der Waals surface area contributed by atoms with E-state index in [2.05, 4.69) is 25.5 Å². The Balaban J connectivity index is 1.73. The maximum Gasteiger partial charge on any atom is 0.272 e. The highest BCUT2D eigenvalue weighted by Crippen LogP contribution is 2.27. The molecule has 0 saturated heterocycles. The van der Waals surface area contributed by atoms with Crippen molar-refractivity contribution in [3.63, 3.8) is 0 Å². The van der Waals surface area contributed by atoms with Gasteiger partial charge in [0.25, 0.3) is 5.56 Å². The number of benzene rings is 2. The third-order valence-corrected chi connectivity index (χ3v) is 4.27. The molecule has 0 amide bonds. The number of ether oxygens (including phenoxy) is 1. The minimum Gasteiger partial charge on any atom is -0.351 e. The lowest BCUT2D eigenvalue weighted by molar-refractivity contribution is -0.0727. The van der Waals surface area contributed by atoms with Gasteiger partial charge in [-0.25, -0.2) is 14.5 Å². The van der Waals surface area contributed by atoms with E-state index in [1.807, 2.05) is 0 Å². The quantitative estimate of drug-likeness (QED) is 0.290. The highest BCUT2D eigenvalue weighted by molar-refractivity contribution is 6.17. The average Bonchev–Trinajstić information content (AvgIpc) is 3.07. The Morgan fingerprint density at radius 1 is 1.25 bits per heavy atom. The number of anilines is 1. The molecular formula is C18H15ClFN5O3. The fourth-order valence-corrected chi connectivity index (χ4v) is 2.98. The molecule has 0 saturated carbocycles. The van der Waals surface area contributed by atoms with Gasteiger partial charge in [-0.1, -0.05) is 6.07 Å². The standard InChI is InChI=1S/C18H15ClFN5O3/c19-5-6-28-18(27)23-17-21-13-4-1-9(7-14(13)22-17)15-12-8-10(20)2-3-11(12)16(26)25-24-15/h1-4,7-8,18,27H,5-6H2,(H,25,26)(H2,21,22,23). The number of fused-ring (bicyclic) bond motifs is 2. The first kappa shape index (κ1) is 18.4. The Morgan fingerprint density at radius 3 is 2.93 bits per heavy atom. The van der Waals surface area contributed by atoms with Crippen molar-refractivity contribution in [3.05, 3.63) is 52.6 Å². The summed E-state index contributed by atoms with van der Waals surface area (Å²) < 4.78 is 18.7. The van der Waals surface area contributed by atoms with Crippen LogP contribution in [-0.4, -0.2) is 44.2 Å². The Hall–Kier alpha value is -3.01. The molecule has 0 fully saturated rings.